The maximum atomic E-state index is 12.9. The Morgan fingerprint density at radius 2 is 0.500 bits per heavy atom. The molecule has 0 aliphatic rings. The van der Waals surface area contributed by atoms with E-state index in [0.29, 0.717) is 12.8 Å². The molecule has 0 aromatic carbocycles. The molecule has 0 heterocycles. The smallest absolute Gasteiger partial charge is 0.306 e. The average Bonchev–Trinajstić information content (AvgIpc) is 3.44. The standard InChI is InChI=1S/C72H124O6/c1-4-7-10-13-16-19-21-23-25-27-29-31-33-35-36-38-39-41-43-45-47-49-51-53-56-59-62-65-71(74)77-68-69(67-76-70(73)64-61-58-55-18-15-12-9-6-3)78-72(75)66-63-60-57-54-52-50-48-46-44-42-40-37-34-32-30-28-26-24-22-20-17-14-11-8-5-2/h8,11,17,20,24,26-27,29-30,32,37,40,44,46,50,52,69H,4-7,9-10,12-16,18-19,21-23,25,28,31,33-36,38-39,41-43,45,47-49,51,53-68H2,1-3H3/b11-8-,20-17-,26-24-,29-27-,32-30-,40-37-,46-44-,52-50-. The van der Waals surface area contributed by atoms with Gasteiger partial charge in [0.25, 0.3) is 0 Å². The molecule has 6 nitrogen and oxygen atoms in total. The third-order valence-electron chi connectivity index (χ3n) is 14.3. The van der Waals surface area contributed by atoms with Gasteiger partial charge in [0.1, 0.15) is 13.2 Å². The normalized spacial score (nSPS) is 12.7. The molecule has 0 N–H and O–H groups in total. The first-order valence-corrected chi connectivity index (χ1v) is 33.2. The van der Waals surface area contributed by atoms with Crippen LogP contribution in [0.4, 0.5) is 0 Å². The largest absolute Gasteiger partial charge is 0.462 e. The van der Waals surface area contributed by atoms with E-state index < -0.39 is 6.10 Å². The van der Waals surface area contributed by atoms with Crippen molar-refractivity contribution in [1.82, 2.24) is 0 Å². The molecule has 0 bridgehead atoms. The molecule has 78 heavy (non-hydrogen) atoms. The van der Waals surface area contributed by atoms with Crippen LogP contribution in [0.2, 0.25) is 0 Å². The predicted molar refractivity (Wildman–Crippen MR) is 339 cm³/mol. The van der Waals surface area contributed by atoms with E-state index in [9.17, 15) is 14.4 Å². The topological polar surface area (TPSA) is 78.9 Å². The van der Waals surface area contributed by atoms with Crippen LogP contribution in [0.3, 0.4) is 0 Å². The molecule has 0 saturated heterocycles. The van der Waals surface area contributed by atoms with E-state index in [1.165, 1.54) is 173 Å². The van der Waals surface area contributed by atoms with Crippen LogP contribution in [0.25, 0.3) is 0 Å². The van der Waals surface area contributed by atoms with Crippen LogP contribution in [0.1, 0.15) is 323 Å². The van der Waals surface area contributed by atoms with Gasteiger partial charge in [-0.1, -0.05) is 298 Å². The Kier molecular flexibility index (Phi) is 62.7. The first kappa shape index (κ1) is 74.3. The molecule has 0 aromatic heterocycles. The zero-order valence-corrected chi connectivity index (χ0v) is 51.4. The van der Waals surface area contributed by atoms with Crippen LogP contribution in [0, 0.1) is 0 Å². The number of esters is 3. The zero-order valence-electron chi connectivity index (χ0n) is 51.4. The molecule has 0 aliphatic carbocycles. The van der Waals surface area contributed by atoms with Crippen molar-refractivity contribution in [2.24, 2.45) is 0 Å². The Labute approximate surface area is 483 Å². The Hall–Kier alpha value is -3.67. The first-order valence-electron chi connectivity index (χ1n) is 33.2. The summed E-state index contributed by atoms with van der Waals surface area (Å²) >= 11 is 0. The van der Waals surface area contributed by atoms with E-state index in [2.05, 4.69) is 118 Å². The van der Waals surface area contributed by atoms with Crippen LogP contribution in [0.15, 0.2) is 97.2 Å². The third-order valence-corrected chi connectivity index (χ3v) is 14.3. The molecular formula is C72H124O6. The van der Waals surface area contributed by atoms with Crippen molar-refractivity contribution in [2.75, 3.05) is 13.2 Å². The van der Waals surface area contributed by atoms with Gasteiger partial charge >= 0.3 is 17.9 Å². The lowest BCUT2D eigenvalue weighted by Crippen LogP contribution is -2.30. The lowest BCUT2D eigenvalue weighted by atomic mass is 10.0. The summed E-state index contributed by atoms with van der Waals surface area (Å²) in [4.78, 5) is 38.2. The van der Waals surface area contributed by atoms with Gasteiger partial charge in [-0.15, -0.1) is 0 Å². The summed E-state index contributed by atoms with van der Waals surface area (Å²) < 4.78 is 16.8. The summed E-state index contributed by atoms with van der Waals surface area (Å²) in [6.07, 6.45) is 88.7. The second-order valence-corrected chi connectivity index (χ2v) is 22.0. The summed E-state index contributed by atoms with van der Waals surface area (Å²) in [6, 6.07) is 0. The number of hydrogen-bond acceptors (Lipinski definition) is 6. The van der Waals surface area contributed by atoms with Crippen LogP contribution in [-0.2, 0) is 28.6 Å². The highest BCUT2D eigenvalue weighted by molar-refractivity contribution is 5.71. The van der Waals surface area contributed by atoms with Crippen LogP contribution < -0.4 is 0 Å². The molecule has 0 saturated carbocycles. The fourth-order valence-corrected chi connectivity index (χ4v) is 9.36. The summed E-state index contributed by atoms with van der Waals surface area (Å²) in [5.74, 6) is -0.916. The monoisotopic (exact) mass is 1080 g/mol. The van der Waals surface area contributed by atoms with Gasteiger partial charge in [-0.25, -0.2) is 0 Å². The van der Waals surface area contributed by atoms with Gasteiger partial charge in [0, 0.05) is 19.3 Å². The SMILES string of the molecule is CC/C=C\C/C=C\C/C=C\C/C=C\C/C=C\C/C=C\C/C=C\CCCCCC(=O)OC(COC(=O)CCCCCCCCCC)COC(=O)CCCCCCCCCCCCCCCCC/C=C\CCCCCCCCCC. The maximum Gasteiger partial charge on any atom is 0.306 e. The maximum absolute atomic E-state index is 12.9. The van der Waals surface area contributed by atoms with Crippen LogP contribution in [0.5, 0.6) is 0 Å². The average molecular weight is 1090 g/mol. The Morgan fingerprint density at radius 3 is 0.808 bits per heavy atom. The van der Waals surface area contributed by atoms with Crippen LogP contribution >= 0.6 is 0 Å². The van der Waals surface area contributed by atoms with Gasteiger partial charge in [-0.3, -0.25) is 14.4 Å². The van der Waals surface area contributed by atoms with Gasteiger partial charge in [0.15, 0.2) is 6.10 Å². The molecule has 0 rings (SSSR count). The molecule has 0 amide bonds. The summed E-state index contributed by atoms with van der Waals surface area (Å²) in [6.45, 7) is 6.50. The Morgan fingerprint density at radius 1 is 0.269 bits per heavy atom. The molecule has 0 spiro atoms. The molecule has 1 unspecified atom stereocenters. The van der Waals surface area contributed by atoms with Crippen molar-refractivity contribution < 1.29 is 28.6 Å². The lowest BCUT2D eigenvalue weighted by molar-refractivity contribution is -0.167. The second kappa shape index (κ2) is 65.8. The summed E-state index contributed by atoms with van der Waals surface area (Å²) in [5, 5.41) is 0. The highest BCUT2D eigenvalue weighted by Gasteiger charge is 2.19. The molecule has 1 atom stereocenters. The molecule has 448 valence electrons. The van der Waals surface area contributed by atoms with E-state index in [4.69, 9.17) is 14.2 Å². The van der Waals surface area contributed by atoms with Gasteiger partial charge in [-0.2, -0.15) is 0 Å². The number of hydrogen-bond donors (Lipinski definition) is 0. The number of rotatable bonds is 60. The van der Waals surface area contributed by atoms with E-state index >= 15 is 0 Å². The minimum Gasteiger partial charge on any atom is -0.462 e. The lowest BCUT2D eigenvalue weighted by Gasteiger charge is -2.18. The van der Waals surface area contributed by atoms with Crippen molar-refractivity contribution in [3.05, 3.63) is 97.2 Å². The Bertz CT molecular complexity index is 1530. The van der Waals surface area contributed by atoms with Crippen molar-refractivity contribution >= 4 is 17.9 Å². The molecular weight excluding hydrogens is 961 g/mol. The quantitative estimate of drug-likeness (QED) is 0.0261. The summed E-state index contributed by atoms with van der Waals surface area (Å²) in [7, 11) is 0. The summed E-state index contributed by atoms with van der Waals surface area (Å²) in [5.41, 5.74) is 0. The highest BCUT2D eigenvalue weighted by atomic mass is 16.6. The fraction of sp³-hybridized carbons (Fsp3) is 0.736. The predicted octanol–water partition coefficient (Wildman–Crippen LogP) is 22.8. The molecule has 0 aliphatic heterocycles. The van der Waals surface area contributed by atoms with E-state index in [1.54, 1.807) is 0 Å². The number of ether oxygens (including phenoxy) is 3. The van der Waals surface area contributed by atoms with Crippen LogP contribution in [-0.4, -0.2) is 37.2 Å². The van der Waals surface area contributed by atoms with E-state index in [-0.39, 0.29) is 37.5 Å². The first-order chi connectivity index (χ1) is 38.5. The van der Waals surface area contributed by atoms with Gasteiger partial charge < -0.3 is 14.2 Å². The van der Waals surface area contributed by atoms with E-state index in [1.807, 2.05) is 0 Å². The molecule has 0 fully saturated rings. The van der Waals surface area contributed by atoms with Crippen molar-refractivity contribution in [3.63, 3.8) is 0 Å². The zero-order chi connectivity index (χ0) is 56.4. The van der Waals surface area contributed by atoms with Crippen molar-refractivity contribution in [2.45, 2.75) is 329 Å². The number of unbranched alkanes of at least 4 members (excludes halogenated alkanes) is 33. The van der Waals surface area contributed by atoms with Gasteiger partial charge in [0.05, 0.1) is 0 Å². The van der Waals surface area contributed by atoms with Crippen molar-refractivity contribution in [1.29, 1.82) is 0 Å². The minimum absolute atomic E-state index is 0.0888. The highest BCUT2D eigenvalue weighted by Crippen LogP contribution is 2.17. The van der Waals surface area contributed by atoms with Gasteiger partial charge in [0.2, 0.25) is 0 Å². The molecule has 6 heteroatoms. The Balaban J connectivity index is 4.21. The number of carbonyl (C=O) groups excluding carboxylic acids is 3. The van der Waals surface area contributed by atoms with E-state index in [0.717, 1.165) is 109 Å². The van der Waals surface area contributed by atoms with Crippen molar-refractivity contribution in [3.8, 4) is 0 Å². The minimum atomic E-state index is -0.794. The van der Waals surface area contributed by atoms with Gasteiger partial charge in [-0.05, 0) is 103 Å². The molecule has 0 aromatic rings. The molecule has 0 radical (unpaired) electrons. The second-order valence-electron chi connectivity index (χ2n) is 22.0. The fourth-order valence-electron chi connectivity index (χ4n) is 9.36. The number of allylic oxidation sites excluding steroid dienone is 16. The number of carbonyl (C=O) groups is 3. The third kappa shape index (κ3) is 63.2.